The molecule has 0 saturated heterocycles. The molecule has 1 unspecified atom stereocenters. The first-order valence-electron chi connectivity index (χ1n) is 9.03. The third-order valence-electron chi connectivity index (χ3n) is 5.13. The number of carboxylic acids is 1. The molecule has 0 radical (unpaired) electrons. The van der Waals surface area contributed by atoms with Gasteiger partial charge in [-0.3, -0.25) is 9.69 Å². The van der Waals surface area contributed by atoms with E-state index in [9.17, 15) is 9.59 Å². The van der Waals surface area contributed by atoms with E-state index in [-0.39, 0.29) is 30.7 Å². The predicted octanol–water partition coefficient (Wildman–Crippen LogP) is 2.85. The highest BCUT2D eigenvalue weighted by molar-refractivity contribution is 6.30. The Hall–Kier alpha value is -1.79. The van der Waals surface area contributed by atoms with Gasteiger partial charge in [-0.2, -0.15) is 0 Å². The Balaban J connectivity index is 1.77. The second kappa shape index (κ2) is 9.24. The predicted molar refractivity (Wildman–Crippen MR) is 103 cm³/mol. The van der Waals surface area contributed by atoms with Gasteiger partial charge in [0.2, 0.25) is 0 Å². The van der Waals surface area contributed by atoms with Crippen LogP contribution < -0.4 is 5.32 Å². The maximum atomic E-state index is 12.4. The summed E-state index contributed by atoms with van der Waals surface area (Å²) in [6.45, 7) is 4.74. The Kier molecular flexibility index (Phi) is 7.29. The summed E-state index contributed by atoms with van der Waals surface area (Å²) in [6.07, 6.45) is 2.36. The zero-order chi connectivity index (χ0) is 19.3. The first-order valence-corrected chi connectivity index (χ1v) is 9.41. The minimum Gasteiger partial charge on any atom is -0.480 e. The van der Waals surface area contributed by atoms with Crippen molar-refractivity contribution in [1.29, 1.82) is 0 Å². The fourth-order valence-electron chi connectivity index (χ4n) is 3.25. The van der Waals surface area contributed by atoms with Gasteiger partial charge < -0.3 is 15.3 Å². The van der Waals surface area contributed by atoms with Gasteiger partial charge in [0, 0.05) is 30.2 Å². The summed E-state index contributed by atoms with van der Waals surface area (Å²) >= 11 is 5.90. The Morgan fingerprint density at radius 3 is 2.46 bits per heavy atom. The molecular weight excluding hydrogens is 354 g/mol. The lowest BCUT2D eigenvalue weighted by molar-refractivity contribution is -0.139. The normalized spacial score (nSPS) is 20.3. The van der Waals surface area contributed by atoms with Crippen molar-refractivity contribution in [3.05, 3.63) is 34.9 Å². The van der Waals surface area contributed by atoms with Crippen LogP contribution in [0, 0.1) is 0 Å². The number of carbonyl (C=O) groups is 2. The van der Waals surface area contributed by atoms with E-state index < -0.39 is 5.97 Å². The zero-order valence-electron chi connectivity index (χ0n) is 15.6. The summed E-state index contributed by atoms with van der Waals surface area (Å²) in [4.78, 5) is 27.0. The third-order valence-corrected chi connectivity index (χ3v) is 5.38. The van der Waals surface area contributed by atoms with E-state index >= 15 is 0 Å². The molecular formula is C19H28ClN3O3. The molecule has 1 fully saturated rings. The fourth-order valence-corrected chi connectivity index (χ4v) is 3.38. The van der Waals surface area contributed by atoms with Crippen LogP contribution in [0.25, 0.3) is 0 Å². The molecule has 0 aromatic heterocycles. The second-order valence-electron chi connectivity index (χ2n) is 7.02. The van der Waals surface area contributed by atoms with Crippen LogP contribution in [0.2, 0.25) is 5.02 Å². The lowest BCUT2D eigenvalue weighted by Gasteiger charge is -2.43. The summed E-state index contributed by atoms with van der Waals surface area (Å²) in [5.74, 6) is -0.810. The van der Waals surface area contributed by atoms with Crippen molar-refractivity contribution in [2.75, 3.05) is 20.1 Å². The average molecular weight is 382 g/mol. The largest absolute Gasteiger partial charge is 0.480 e. The number of carbonyl (C=O) groups excluding carboxylic acids is 1. The van der Waals surface area contributed by atoms with Crippen LogP contribution in [0.1, 0.15) is 32.3 Å². The molecule has 2 rings (SSSR count). The molecule has 1 aromatic rings. The van der Waals surface area contributed by atoms with Gasteiger partial charge in [0.25, 0.3) is 0 Å². The molecule has 1 atom stereocenters. The molecule has 26 heavy (non-hydrogen) atoms. The van der Waals surface area contributed by atoms with Crippen molar-refractivity contribution in [3.63, 3.8) is 0 Å². The van der Waals surface area contributed by atoms with E-state index in [1.165, 1.54) is 0 Å². The molecule has 2 amide bonds. The monoisotopic (exact) mass is 381 g/mol. The molecule has 0 spiro atoms. The van der Waals surface area contributed by atoms with Crippen molar-refractivity contribution in [1.82, 2.24) is 15.1 Å². The van der Waals surface area contributed by atoms with Crippen LogP contribution in [0.5, 0.6) is 0 Å². The van der Waals surface area contributed by atoms with Crippen LogP contribution in [-0.2, 0) is 11.2 Å². The van der Waals surface area contributed by atoms with Gasteiger partial charge in [-0.15, -0.1) is 0 Å². The highest BCUT2D eigenvalue weighted by Gasteiger charge is 2.35. The quantitative estimate of drug-likeness (QED) is 0.726. The number of rotatable bonds is 8. The first kappa shape index (κ1) is 20.5. The maximum Gasteiger partial charge on any atom is 0.317 e. The number of nitrogens with zero attached hydrogens (tertiary/aromatic N) is 2. The first-order chi connectivity index (χ1) is 12.3. The van der Waals surface area contributed by atoms with Gasteiger partial charge in [-0.1, -0.05) is 30.7 Å². The number of nitrogens with one attached hydrogen (secondary N) is 1. The van der Waals surface area contributed by atoms with Crippen LogP contribution in [-0.4, -0.2) is 65.2 Å². The van der Waals surface area contributed by atoms with Crippen molar-refractivity contribution in [3.8, 4) is 0 Å². The van der Waals surface area contributed by atoms with Gasteiger partial charge >= 0.3 is 12.0 Å². The fraction of sp³-hybridized carbons (Fsp3) is 0.579. The summed E-state index contributed by atoms with van der Waals surface area (Å²) in [7, 11) is 1.80. The van der Waals surface area contributed by atoms with Crippen molar-refractivity contribution >= 4 is 23.6 Å². The van der Waals surface area contributed by atoms with E-state index in [0.717, 1.165) is 24.8 Å². The molecule has 144 valence electrons. The van der Waals surface area contributed by atoms with Crippen molar-refractivity contribution in [2.24, 2.45) is 0 Å². The number of aliphatic carboxylic acids is 1. The SMILES string of the molecule is CCN(CC(=O)O)C1CC(NC(=O)N(C)C(C)Cc2ccc(Cl)cc2)C1. The summed E-state index contributed by atoms with van der Waals surface area (Å²) in [5.41, 5.74) is 1.14. The number of halogens is 1. The molecule has 1 aromatic carbocycles. The molecule has 0 aliphatic heterocycles. The molecule has 7 heteroatoms. The van der Waals surface area contributed by atoms with Crippen molar-refractivity contribution in [2.45, 2.75) is 51.2 Å². The van der Waals surface area contributed by atoms with E-state index in [1.807, 2.05) is 43.0 Å². The molecule has 1 aliphatic carbocycles. The van der Waals surface area contributed by atoms with Gasteiger partial charge in [-0.25, -0.2) is 4.79 Å². The Morgan fingerprint density at radius 1 is 1.31 bits per heavy atom. The van der Waals surface area contributed by atoms with E-state index in [2.05, 4.69) is 5.32 Å². The third kappa shape index (κ3) is 5.61. The summed E-state index contributed by atoms with van der Waals surface area (Å²) in [6, 6.07) is 7.98. The van der Waals surface area contributed by atoms with Gasteiger partial charge in [-0.05, 0) is 50.4 Å². The van der Waals surface area contributed by atoms with Gasteiger partial charge in [0.05, 0.1) is 6.54 Å². The zero-order valence-corrected chi connectivity index (χ0v) is 16.4. The molecule has 1 saturated carbocycles. The minimum atomic E-state index is -0.810. The number of benzene rings is 1. The highest BCUT2D eigenvalue weighted by atomic mass is 35.5. The standard InChI is InChI=1S/C19H28ClN3O3/c1-4-23(12-18(24)25)17-10-16(11-17)21-19(26)22(3)13(2)9-14-5-7-15(20)8-6-14/h5-8,13,16-17H,4,9-12H2,1-3H3,(H,21,26)(H,24,25). The van der Waals surface area contributed by atoms with E-state index in [1.54, 1.807) is 11.9 Å². The van der Waals surface area contributed by atoms with Crippen molar-refractivity contribution < 1.29 is 14.7 Å². The number of urea groups is 1. The van der Waals surface area contributed by atoms with Crippen LogP contribution in [0.15, 0.2) is 24.3 Å². The molecule has 0 heterocycles. The van der Waals surface area contributed by atoms with Crippen LogP contribution in [0.3, 0.4) is 0 Å². The molecule has 0 bridgehead atoms. The Morgan fingerprint density at radius 2 is 1.92 bits per heavy atom. The number of hydrogen-bond acceptors (Lipinski definition) is 3. The molecule has 2 N–H and O–H groups in total. The average Bonchev–Trinajstić information content (AvgIpc) is 2.56. The number of amides is 2. The summed E-state index contributed by atoms with van der Waals surface area (Å²) in [5, 5.41) is 12.7. The van der Waals surface area contributed by atoms with Gasteiger partial charge in [0.15, 0.2) is 0 Å². The van der Waals surface area contributed by atoms with E-state index in [4.69, 9.17) is 16.7 Å². The topological polar surface area (TPSA) is 72.9 Å². The minimum absolute atomic E-state index is 0.0554. The lowest BCUT2D eigenvalue weighted by Crippen LogP contribution is -2.57. The second-order valence-corrected chi connectivity index (χ2v) is 7.46. The summed E-state index contributed by atoms with van der Waals surface area (Å²) < 4.78 is 0. The number of likely N-dealkylation sites (N-methyl/N-ethyl adjacent to an activating group) is 2. The smallest absolute Gasteiger partial charge is 0.317 e. The highest BCUT2D eigenvalue weighted by Crippen LogP contribution is 2.25. The number of carboxylic acid groups (broad SMARTS) is 1. The van der Waals surface area contributed by atoms with Gasteiger partial charge in [0.1, 0.15) is 0 Å². The Labute approximate surface area is 160 Å². The number of hydrogen-bond donors (Lipinski definition) is 2. The lowest BCUT2D eigenvalue weighted by atomic mass is 9.85. The Bertz CT molecular complexity index is 617. The van der Waals surface area contributed by atoms with Crippen LogP contribution in [0.4, 0.5) is 4.79 Å². The maximum absolute atomic E-state index is 12.4. The molecule has 6 nitrogen and oxygen atoms in total. The van der Waals surface area contributed by atoms with Crippen LogP contribution >= 0.6 is 11.6 Å². The molecule has 1 aliphatic rings. The van der Waals surface area contributed by atoms with E-state index in [0.29, 0.717) is 11.6 Å².